The summed E-state index contributed by atoms with van der Waals surface area (Å²) in [5, 5.41) is 4.06. The fraction of sp³-hybridized carbons (Fsp3) is 0.259. The summed E-state index contributed by atoms with van der Waals surface area (Å²) in [6.45, 7) is 4.18. The molecule has 0 unspecified atom stereocenters. The van der Waals surface area contributed by atoms with Gasteiger partial charge in [0.2, 0.25) is 5.91 Å². The van der Waals surface area contributed by atoms with Gasteiger partial charge >= 0.3 is 0 Å². The summed E-state index contributed by atoms with van der Waals surface area (Å²) in [5.41, 5.74) is 6.13. The zero-order valence-corrected chi connectivity index (χ0v) is 19.6. The minimum Gasteiger partial charge on any atom is -0.496 e. The van der Waals surface area contributed by atoms with Crippen molar-refractivity contribution in [2.45, 2.75) is 13.0 Å². The van der Waals surface area contributed by atoms with Gasteiger partial charge in [0.05, 0.1) is 19.7 Å². The number of carbonyl (C=O) groups excluding carboxylic acids is 1. The molecule has 6 nitrogen and oxygen atoms in total. The lowest BCUT2D eigenvalue weighted by atomic mass is 10.1. The molecule has 1 saturated heterocycles. The number of nitrogens with one attached hydrogen (secondary N) is 1. The van der Waals surface area contributed by atoms with Gasteiger partial charge in [0.25, 0.3) is 0 Å². The largest absolute Gasteiger partial charge is 0.496 e. The molecule has 3 aromatic rings. The van der Waals surface area contributed by atoms with E-state index in [1.54, 1.807) is 25.5 Å². The monoisotopic (exact) mass is 478 g/mol. The second-order valence-electron chi connectivity index (χ2n) is 8.41. The smallest absolute Gasteiger partial charge is 0.244 e. The van der Waals surface area contributed by atoms with Crippen molar-refractivity contribution >= 4 is 17.8 Å². The topological polar surface area (TPSA) is 57.2 Å². The Morgan fingerprint density at radius 1 is 0.971 bits per heavy atom. The highest BCUT2D eigenvalue weighted by Crippen LogP contribution is 2.23. The third-order valence-electron chi connectivity index (χ3n) is 5.94. The molecule has 1 aliphatic heterocycles. The van der Waals surface area contributed by atoms with Crippen molar-refractivity contribution in [3.8, 4) is 5.75 Å². The van der Waals surface area contributed by atoms with Crippen LogP contribution < -0.4 is 15.1 Å². The molecule has 1 aliphatic rings. The second kappa shape index (κ2) is 11.6. The van der Waals surface area contributed by atoms with Gasteiger partial charge in [-0.3, -0.25) is 9.69 Å². The normalized spacial score (nSPS) is 14.3. The maximum Gasteiger partial charge on any atom is 0.244 e. The Bertz CT molecular complexity index is 1160. The first-order chi connectivity index (χ1) is 17.0. The molecule has 8 heteroatoms. The number of halogens is 2. The quantitative estimate of drug-likeness (QED) is 0.393. The van der Waals surface area contributed by atoms with Gasteiger partial charge in [-0.2, -0.15) is 5.10 Å². The Kier molecular flexibility index (Phi) is 8.05. The third-order valence-corrected chi connectivity index (χ3v) is 5.94. The van der Waals surface area contributed by atoms with Crippen molar-refractivity contribution in [2.75, 3.05) is 38.2 Å². The second-order valence-corrected chi connectivity index (χ2v) is 8.41. The molecule has 1 heterocycles. The Morgan fingerprint density at radius 2 is 1.63 bits per heavy atom. The van der Waals surface area contributed by atoms with E-state index in [0.29, 0.717) is 5.56 Å². The number of amides is 1. The molecule has 0 radical (unpaired) electrons. The number of rotatable bonds is 8. The van der Waals surface area contributed by atoms with E-state index in [1.165, 1.54) is 24.3 Å². The average Bonchev–Trinajstić information content (AvgIpc) is 2.87. The van der Waals surface area contributed by atoms with Crippen LogP contribution in [0.15, 0.2) is 71.8 Å². The van der Waals surface area contributed by atoms with Crippen LogP contribution in [0.2, 0.25) is 0 Å². The van der Waals surface area contributed by atoms with Crippen LogP contribution in [0.3, 0.4) is 0 Å². The molecule has 0 bridgehead atoms. The highest BCUT2D eigenvalue weighted by Gasteiger charge is 2.19. The van der Waals surface area contributed by atoms with E-state index in [1.807, 2.05) is 30.3 Å². The third kappa shape index (κ3) is 6.86. The van der Waals surface area contributed by atoms with E-state index >= 15 is 0 Å². The van der Waals surface area contributed by atoms with Crippen molar-refractivity contribution in [3.63, 3.8) is 0 Å². The molecule has 182 valence electrons. The zero-order valence-electron chi connectivity index (χ0n) is 19.6. The number of ether oxygens (including phenoxy) is 1. The number of benzene rings is 3. The van der Waals surface area contributed by atoms with Crippen LogP contribution in [0.1, 0.15) is 16.7 Å². The van der Waals surface area contributed by atoms with Crippen molar-refractivity contribution in [1.29, 1.82) is 0 Å². The molecule has 3 aromatic carbocycles. The number of hydrogen-bond donors (Lipinski definition) is 1. The van der Waals surface area contributed by atoms with Crippen LogP contribution in [-0.4, -0.2) is 50.3 Å². The Balaban J connectivity index is 1.32. The highest BCUT2D eigenvalue weighted by atomic mass is 19.1. The maximum absolute atomic E-state index is 13.2. The predicted molar refractivity (Wildman–Crippen MR) is 133 cm³/mol. The first-order valence-corrected chi connectivity index (χ1v) is 11.5. The van der Waals surface area contributed by atoms with E-state index in [4.69, 9.17) is 4.74 Å². The SMILES string of the molecule is COc1ccc(/C=N\NC(=O)Cc2ccc(F)cc2)cc1CN1CCN(c2ccc(F)cc2)CC1. The lowest BCUT2D eigenvalue weighted by molar-refractivity contribution is -0.120. The van der Waals surface area contributed by atoms with Gasteiger partial charge in [-0.05, 0) is 65.7 Å². The molecule has 0 spiro atoms. The van der Waals surface area contributed by atoms with Gasteiger partial charge in [-0.1, -0.05) is 12.1 Å². The standard InChI is InChI=1S/C27H28F2N4O2/c1-35-26-11-4-21(18-30-31-27(34)17-20-2-5-23(28)6-3-20)16-22(26)19-32-12-14-33(15-13-32)25-9-7-24(29)8-10-25/h2-11,16,18H,12-15,17,19H2,1H3,(H,31,34)/b30-18-. The number of methoxy groups -OCH3 is 1. The number of hydrazone groups is 1. The van der Waals surface area contributed by atoms with Crippen molar-refractivity contribution in [1.82, 2.24) is 10.3 Å². The van der Waals surface area contributed by atoms with Gasteiger partial charge in [0, 0.05) is 44.0 Å². The first kappa shape index (κ1) is 24.3. The van der Waals surface area contributed by atoms with E-state index in [2.05, 4.69) is 20.3 Å². The molecule has 0 aromatic heterocycles. The van der Waals surface area contributed by atoms with Gasteiger partial charge < -0.3 is 9.64 Å². The number of anilines is 1. The summed E-state index contributed by atoms with van der Waals surface area (Å²) in [6.07, 6.45) is 1.72. The summed E-state index contributed by atoms with van der Waals surface area (Å²) in [6, 6.07) is 18.2. The van der Waals surface area contributed by atoms with Crippen LogP contribution in [0.25, 0.3) is 0 Å². The Hall–Kier alpha value is -3.78. The Labute approximate surface area is 203 Å². The fourth-order valence-electron chi connectivity index (χ4n) is 4.07. The molecule has 1 N–H and O–H groups in total. The molecular weight excluding hydrogens is 450 g/mol. The molecule has 1 amide bonds. The zero-order chi connectivity index (χ0) is 24.6. The number of hydrogen-bond acceptors (Lipinski definition) is 5. The van der Waals surface area contributed by atoms with Crippen LogP contribution in [-0.2, 0) is 17.8 Å². The van der Waals surface area contributed by atoms with Gasteiger partial charge in [0.1, 0.15) is 17.4 Å². The average molecular weight is 479 g/mol. The highest BCUT2D eigenvalue weighted by molar-refractivity contribution is 5.83. The van der Waals surface area contributed by atoms with Crippen LogP contribution in [0, 0.1) is 11.6 Å². The molecule has 0 atom stereocenters. The molecule has 35 heavy (non-hydrogen) atoms. The minimum absolute atomic E-state index is 0.120. The van der Waals surface area contributed by atoms with Crippen molar-refractivity contribution in [2.24, 2.45) is 5.10 Å². The van der Waals surface area contributed by atoms with Crippen LogP contribution >= 0.6 is 0 Å². The van der Waals surface area contributed by atoms with Crippen LogP contribution in [0.5, 0.6) is 5.75 Å². The first-order valence-electron chi connectivity index (χ1n) is 11.5. The molecule has 1 fully saturated rings. The summed E-state index contributed by atoms with van der Waals surface area (Å²) in [5.74, 6) is -0.0447. The molecular formula is C27H28F2N4O2. The van der Waals surface area contributed by atoms with E-state index in [0.717, 1.165) is 55.3 Å². The maximum atomic E-state index is 13.2. The summed E-state index contributed by atoms with van der Waals surface area (Å²) < 4.78 is 31.7. The van der Waals surface area contributed by atoms with Crippen molar-refractivity contribution in [3.05, 3.63) is 95.1 Å². The van der Waals surface area contributed by atoms with E-state index < -0.39 is 0 Å². The lowest BCUT2D eigenvalue weighted by Gasteiger charge is -2.36. The molecule has 0 aliphatic carbocycles. The minimum atomic E-state index is -0.336. The Morgan fingerprint density at radius 3 is 2.29 bits per heavy atom. The van der Waals surface area contributed by atoms with Crippen molar-refractivity contribution < 1.29 is 18.3 Å². The number of nitrogens with zero attached hydrogens (tertiary/aromatic N) is 3. The number of piperazine rings is 1. The van der Waals surface area contributed by atoms with Gasteiger partial charge in [-0.15, -0.1) is 0 Å². The van der Waals surface area contributed by atoms with Gasteiger partial charge in [0.15, 0.2) is 0 Å². The predicted octanol–water partition coefficient (Wildman–Crippen LogP) is 3.99. The summed E-state index contributed by atoms with van der Waals surface area (Å²) in [4.78, 5) is 16.7. The van der Waals surface area contributed by atoms with Gasteiger partial charge in [-0.25, -0.2) is 14.2 Å². The van der Waals surface area contributed by atoms with E-state index in [-0.39, 0.29) is 24.0 Å². The summed E-state index contributed by atoms with van der Waals surface area (Å²) >= 11 is 0. The lowest BCUT2D eigenvalue weighted by Crippen LogP contribution is -2.46. The molecule has 0 saturated carbocycles. The fourth-order valence-corrected chi connectivity index (χ4v) is 4.07. The molecule has 4 rings (SSSR count). The van der Waals surface area contributed by atoms with Crippen LogP contribution in [0.4, 0.5) is 14.5 Å². The summed E-state index contributed by atoms with van der Waals surface area (Å²) in [7, 11) is 1.65. The van der Waals surface area contributed by atoms with E-state index in [9.17, 15) is 13.6 Å². The number of carbonyl (C=O) groups is 1.